The Labute approximate surface area is 186 Å². The average molecular weight is 611 g/mol. The van der Waals surface area contributed by atoms with Crippen LogP contribution in [-0.2, 0) is 64.2 Å². The number of sulfonamides is 1. The standard InChI is InChI=1S/C16H20N4O6S.CO.Re/c17-27(25,26)13-3-1-12(2-4-13)5-7-19(10-15(21)22)9-14-18-6-8-20(14)11-16(23)24;1-2;/h1-4,6,8H,5,7,9-11H2,(H,21,22)(H,23,24)(H2,17,25,26);;. The summed E-state index contributed by atoms with van der Waals surface area (Å²) in [4.78, 5) is 27.7. The maximum atomic E-state index is 11.3. The average Bonchev–Trinajstić information content (AvgIpc) is 3.06. The summed E-state index contributed by atoms with van der Waals surface area (Å²) in [6, 6.07) is 6.02. The fourth-order valence-electron chi connectivity index (χ4n) is 2.52. The van der Waals surface area contributed by atoms with Crippen LogP contribution in [0.25, 0.3) is 0 Å². The maximum Gasteiger partial charge on any atom is 0 e. The molecule has 1 aromatic carbocycles. The zero-order chi connectivity index (χ0) is 22.0. The SMILES string of the molecule is NS(=O)(=O)c1ccc(CCN(CC(=O)O)Cc2nccn2CC(=O)O)cc1.[C-]#[O+].[Re]. The van der Waals surface area contributed by atoms with Gasteiger partial charge in [-0.1, -0.05) is 12.1 Å². The monoisotopic (exact) mass is 611 g/mol. The number of benzene rings is 1. The van der Waals surface area contributed by atoms with Gasteiger partial charge >= 0.3 is 23.2 Å². The second kappa shape index (κ2) is 13.0. The van der Waals surface area contributed by atoms with Gasteiger partial charge in [-0.3, -0.25) is 14.5 Å². The molecule has 30 heavy (non-hydrogen) atoms. The second-order valence-corrected chi connectivity index (χ2v) is 7.47. The van der Waals surface area contributed by atoms with E-state index in [1.807, 2.05) is 0 Å². The van der Waals surface area contributed by atoms with Gasteiger partial charge in [-0.15, -0.1) is 0 Å². The number of aliphatic carboxylic acids is 2. The molecule has 163 valence electrons. The van der Waals surface area contributed by atoms with Crippen LogP contribution in [0, 0.1) is 6.65 Å². The number of aromatic nitrogens is 2. The molecular weight excluding hydrogens is 590 g/mol. The number of nitrogens with two attached hydrogens (primary N) is 1. The van der Waals surface area contributed by atoms with Gasteiger partial charge < -0.3 is 14.8 Å². The number of hydrogen-bond donors (Lipinski definition) is 3. The third kappa shape index (κ3) is 9.43. The summed E-state index contributed by atoms with van der Waals surface area (Å²) in [5.74, 6) is -1.59. The summed E-state index contributed by atoms with van der Waals surface area (Å²) in [6.07, 6.45) is 3.45. The van der Waals surface area contributed by atoms with Crippen molar-refractivity contribution in [3.63, 3.8) is 0 Å². The predicted octanol–water partition coefficient (Wildman–Crippen LogP) is -0.296. The molecule has 0 saturated heterocycles. The first-order chi connectivity index (χ1) is 13.6. The Morgan fingerprint density at radius 1 is 1.17 bits per heavy atom. The molecule has 13 heteroatoms. The Bertz CT molecular complexity index is 958. The molecule has 1 heterocycles. The molecule has 0 spiro atoms. The smallest absolute Gasteiger partial charge is 0 e. The van der Waals surface area contributed by atoms with Crippen molar-refractivity contribution in [2.24, 2.45) is 5.14 Å². The van der Waals surface area contributed by atoms with Crippen LogP contribution in [0.2, 0.25) is 0 Å². The number of carboxylic acid groups (broad SMARTS) is 2. The van der Waals surface area contributed by atoms with Crippen LogP contribution in [0.5, 0.6) is 0 Å². The molecule has 0 aliphatic heterocycles. The molecule has 11 nitrogen and oxygen atoms in total. The van der Waals surface area contributed by atoms with Crippen LogP contribution in [0.15, 0.2) is 41.6 Å². The van der Waals surface area contributed by atoms with Crippen molar-refractivity contribution in [3.8, 4) is 0 Å². The number of carboxylic acids is 2. The molecular formula is C17H20N4O7ReS. The van der Waals surface area contributed by atoms with E-state index in [0.717, 1.165) is 5.56 Å². The van der Waals surface area contributed by atoms with Crippen molar-refractivity contribution in [3.05, 3.63) is 54.7 Å². The number of carbonyl (C=O) groups is 2. The van der Waals surface area contributed by atoms with Crippen molar-refractivity contribution in [2.75, 3.05) is 13.1 Å². The fourth-order valence-corrected chi connectivity index (χ4v) is 3.04. The molecule has 0 fully saturated rings. The Morgan fingerprint density at radius 3 is 2.27 bits per heavy atom. The fraction of sp³-hybridized carbons (Fsp3) is 0.294. The summed E-state index contributed by atoms with van der Waals surface area (Å²) in [7, 11) is -3.76. The normalized spacial score (nSPS) is 10.5. The zero-order valence-electron chi connectivity index (χ0n) is 15.6. The first-order valence-corrected chi connectivity index (χ1v) is 9.68. The minimum atomic E-state index is -3.76. The number of nitrogens with zero attached hydrogens (tertiary/aromatic N) is 3. The Hall–Kier alpha value is -2.36. The first kappa shape index (κ1) is 27.6. The van der Waals surface area contributed by atoms with E-state index in [1.165, 1.54) is 29.1 Å². The first-order valence-electron chi connectivity index (χ1n) is 8.13. The van der Waals surface area contributed by atoms with Crippen molar-refractivity contribution in [2.45, 2.75) is 24.4 Å². The van der Waals surface area contributed by atoms with Gasteiger partial charge in [0.2, 0.25) is 10.0 Å². The number of rotatable bonds is 10. The maximum absolute atomic E-state index is 11.3. The van der Waals surface area contributed by atoms with E-state index in [9.17, 15) is 18.0 Å². The van der Waals surface area contributed by atoms with Crippen molar-refractivity contribution in [1.29, 1.82) is 0 Å². The summed E-state index contributed by atoms with van der Waals surface area (Å²) >= 11 is 0. The molecule has 0 bridgehead atoms. The third-order valence-corrected chi connectivity index (χ3v) is 4.73. The molecule has 0 aliphatic rings. The minimum Gasteiger partial charge on any atom is 0 e. The van der Waals surface area contributed by atoms with E-state index < -0.39 is 22.0 Å². The van der Waals surface area contributed by atoms with E-state index in [0.29, 0.717) is 18.8 Å². The largest absolute Gasteiger partial charge is 0 e. The molecule has 0 amide bonds. The van der Waals surface area contributed by atoms with Crippen LogP contribution in [0.1, 0.15) is 11.4 Å². The molecule has 4 N–H and O–H groups in total. The van der Waals surface area contributed by atoms with Gasteiger partial charge in [0.05, 0.1) is 18.0 Å². The summed E-state index contributed by atoms with van der Waals surface area (Å²) < 4.78 is 31.5. The van der Waals surface area contributed by atoms with Crippen LogP contribution >= 0.6 is 0 Å². The van der Waals surface area contributed by atoms with Crippen LogP contribution < -0.4 is 5.14 Å². The number of hydrogen-bond acceptors (Lipinski definition) is 6. The molecule has 1 aromatic heterocycles. The predicted molar refractivity (Wildman–Crippen MR) is 98.2 cm³/mol. The molecule has 0 unspecified atom stereocenters. The molecule has 0 saturated carbocycles. The second-order valence-electron chi connectivity index (χ2n) is 5.91. The number of primary sulfonamides is 1. The van der Waals surface area contributed by atoms with Crippen LogP contribution in [0.4, 0.5) is 0 Å². The van der Waals surface area contributed by atoms with Gasteiger partial charge in [0.1, 0.15) is 12.4 Å². The Balaban J connectivity index is 0.00000272. The van der Waals surface area contributed by atoms with Gasteiger partial charge in [-0.25, -0.2) is 18.5 Å². The van der Waals surface area contributed by atoms with E-state index in [-0.39, 0.29) is 45.0 Å². The van der Waals surface area contributed by atoms with Crippen LogP contribution in [0.3, 0.4) is 0 Å². The quantitative estimate of drug-likeness (QED) is 0.243. The number of imidazole rings is 1. The minimum absolute atomic E-state index is 0. The summed E-state index contributed by atoms with van der Waals surface area (Å²) in [6.45, 7) is 4.53. The van der Waals surface area contributed by atoms with Crippen molar-refractivity contribution >= 4 is 22.0 Å². The molecule has 2 aromatic rings. The van der Waals surface area contributed by atoms with E-state index in [1.54, 1.807) is 17.0 Å². The van der Waals surface area contributed by atoms with E-state index in [4.69, 9.17) is 20.0 Å². The molecule has 1 radical (unpaired) electrons. The molecule has 0 atom stereocenters. The van der Waals surface area contributed by atoms with Crippen LogP contribution in [-0.4, -0.2) is 58.1 Å². The Morgan fingerprint density at radius 2 is 1.77 bits per heavy atom. The van der Waals surface area contributed by atoms with E-state index in [2.05, 4.69) is 11.6 Å². The Kier molecular flexibility index (Phi) is 12.0. The molecule has 2 rings (SSSR count). The van der Waals surface area contributed by atoms with Gasteiger partial charge in [0.25, 0.3) is 0 Å². The van der Waals surface area contributed by atoms with Gasteiger partial charge in [-0.05, 0) is 24.1 Å². The zero-order valence-corrected chi connectivity index (χ0v) is 19.2. The van der Waals surface area contributed by atoms with Crippen molar-refractivity contribution < 1.29 is 53.3 Å². The third-order valence-electron chi connectivity index (χ3n) is 3.80. The summed E-state index contributed by atoms with van der Waals surface area (Å²) in [5, 5.41) is 23.1. The van der Waals surface area contributed by atoms with Gasteiger partial charge in [0, 0.05) is 39.4 Å². The van der Waals surface area contributed by atoms with Gasteiger partial charge in [-0.2, -0.15) is 0 Å². The van der Waals surface area contributed by atoms with Crippen molar-refractivity contribution in [1.82, 2.24) is 14.5 Å². The van der Waals surface area contributed by atoms with E-state index >= 15 is 0 Å². The topological polar surface area (TPSA) is 176 Å². The van der Waals surface area contributed by atoms with Gasteiger partial charge in [0.15, 0.2) is 0 Å². The summed E-state index contributed by atoms with van der Waals surface area (Å²) in [5.41, 5.74) is 0.812. The molecule has 0 aliphatic carbocycles.